The molecule has 0 radical (unpaired) electrons. The summed E-state index contributed by atoms with van der Waals surface area (Å²) in [6.07, 6.45) is 5.50. The molecule has 0 unspecified atom stereocenters. The molecule has 0 spiro atoms. The van der Waals surface area contributed by atoms with Gasteiger partial charge in [0.1, 0.15) is 5.60 Å². The molecule has 1 heterocycles. The van der Waals surface area contributed by atoms with Crippen molar-refractivity contribution in [1.82, 2.24) is 15.5 Å². The van der Waals surface area contributed by atoms with E-state index in [0.717, 1.165) is 44.1 Å². The highest BCUT2D eigenvalue weighted by Gasteiger charge is 2.16. The van der Waals surface area contributed by atoms with Gasteiger partial charge in [0, 0.05) is 25.3 Å². The van der Waals surface area contributed by atoms with Crippen LogP contribution in [0.5, 0.6) is 0 Å². The molecule has 0 aliphatic carbocycles. The van der Waals surface area contributed by atoms with Crippen molar-refractivity contribution in [2.75, 3.05) is 44.6 Å². The van der Waals surface area contributed by atoms with Crippen molar-refractivity contribution in [2.45, 2.75) is 65.4 Å². The molecule has 182 valence electrons. The number of amides is 1. The molecule has 0 saturated carbocycles. The Balaban J connectivity index is 0.00000512. The van der Waals surface area contributed by atoms with Crippen LogP contribution in [0.15, 0.2) is 29.3 Å². The Hall–Kier alpha value is -1.55. The maximum absolute atomic E-state index is 11.8. The summed E-state index contributed by atoms with van der Waals surface area (Å²) in [4.78, 5) is 19.1. The monoisotopic (exact) mass is 559 g/mol. The van der Waals surface area contributed by atoms with Gasteiger partial charge in [-0.05, 0) is 97.1 Å². The molecule has 1 saturated heterocycles. The van der Waals surface area contributed by atoms with E-state index in [1.807, 2.05) is 45.0 Å². The predicted molar refractivity (Wildman–Crippen MR) is 144 cm³/mol. The minimum absolute atomic E-state index is 0. The number of nitrogens with one attached hydrogen (secondary N) is 3. The Morgan fingerprint density at radius 3 is 2.41 bits per heavy atom. The largest absolute Gasteiger partial charge is 0.444 e. The van der Waals surface area contributed by atoms with Crippen LogP contribution in [0.3, 0.4) is 0 Å². The number of ether oxygens (including phenoxy) is 1. The fourth-order valence-corrected chi connectivity index (χ4v) is 3.49. The van der Waals surface area contributed by atoms with Gasteiger partial charge < -0.3 is 20.3 Å². The van der Waals surface area contributed by atoms with Gasteiger partial charge in [-0.25, -0.2) is 4.79 Å². The topological polar surface area (TPSA) is 78.0 Å². The van der Waals surface area contributed by atoms with Gasteiger partial charge in [-0.1, -0.05) is 12.1 Å². The van der Waals surface area contributed by atoms with Gasteiger partial charge in [0.05, 0.1) is 0 Å². The number of hydrogen-bond acceptors (Lipinski definition) is 4. The zero-order valence-corrected chi connectivity index (χ0v) is 22.5. The summed E-state index contributed by atoms with van der Waals surface area (Å²) >= 11 is 0. The molecule has 3 N–H and O–H groups in total. The van der Waals surface area contributed by atoms with Crippen LogP contribution in [-0.4, -0.2) is 61.8 Å². The van der Waals surface area contributed by atoms with E-state index in [-0.39, 0.29) is 24.0 Å². The Morgan fingerprint density at radius 2 is 1.78 bits per heavy atom. The molecule has 2 rings (SSSR count). The molecule has 32 heavy (non-hydrogen) atoms. The Labute approximate surface area is 211 Å². The summed E-state index contributed by atoms with van der Waals surface area (Å²) in [6.45, 7) is 13.9. The summed E-state index contributed by atoms with van der Waals surface area (Å²) < 4.78 is 5.28. The van der Waals surface area contributed by atoms with Crippen LogP contribution in [0.4, 0.5) is 10.5 Å². The lowest BCUT2D eigenvalue weighted by Crippen LogP contribution is -2.38. The third kappa shape index (κ3) is 12.5. The summed E-state index contributed by atoms with van der Waals surface area (Å²) in [6, 6.07) is 7.85. The molecule has 8 heteroatoms. The lowest BCUT2D eigenvalue weighted by atomic mass is 10.1. The first-order valence-corrected chi connectivity index (χ1v) is 11.7. The average Bonchev–Trinajstić information content (AvgIpc) is 3.21. The van der Waals surface area contributed by atoms with Gasteiger partial charge in [0.15, 0.2) is 5.96 Å². The summed E-state index contributed by atoms with van der Waals surface area (Å²) in [5.41, 5.74) is 1.42. The Kier molecular flexibility index (Phi) is 13.6. The second-order valence-corrected chi connectivity index (χ2v) is 9.02. The van der Waals surface area contributed by atoms with Gasteiger partial charge in [-0.2, -0.15) is 0 Å². The highest BCUT2D eigenvalue weighted by atomic mass is 127. The first-order valence-electron chi connectivity index (χ1n) is 11.7. The van der Waals surface area contributed by atoms with Crippen molar-refractivity contribution < 1.29 is 9.53 Å². The fraction of sp³-hybridized carbons (Fsp3) is 0.667. The molecule has 7 nitrogen and oxygen atoms in total. The second-order valence-electron chi connectivity index (χ2n) is 9.02. The maximum Gasteiger partial charge on any atom is 0.412 e. The standard InChI is InChI=1S/C24H41N5O2.HI/c1-5-25-22(26-15-6-7-17-29-18-8-9-19-29)27-16-14-20-10-12-21(13-11-20)28-23(30)31-24(2,3)4;/h10-13H,5-9,14-19H2,1-4H3,(H,28,30)(H2,25,26,27);1H. The molecule has 1 fully saturated rings. The van der Waals surface area contributed by atoms with Gasteiger partial charge >= 0.3 is 6.09 Å². The van der Waals surface area contributed by atoms with Crippen molar-refractivity contribution >= 4 is 41.7 Å². The number of carbonyl (C=O) groups excluding carboxylic acids is 1. The van der Waals surface area contributed by atoms with E-state index < -0.39 is 11.7 Å². The maximum atomic E-state index is 11.8. The van der Waals surface area contributed by atoms with Gasteiger partial charge in [-0.3, -0.25) is 10.3 Å². The molecule has 0 atom stereocenters. The van der Waals surface area contributed by atoms with Crippen LogP contribution in [0, 0.1) is 0 Å². The van der Waals surface area contributed by atoms with Crippen LogP contribution < -0.4 is 16.0 Å². The molecule has 0 aromatic heterocycles. The first kappa shape index (κ1) is 28.5. The minimum atomic E-state index is -0.505. The third-order valence-electron chi connectivity index (χ3n) is 5.00. The average molecular weight is 560 g/mol. The number of hydrogen-bond donors (Lipinski definition) is 3. The van der Waals surface area contributed by atoms with E-state index >= 15 is 0 Å². The van der Waals surface area contributed by atoms with E-state index in [1.54, 1.807) is 0 Å². The molecule has 1 amide bonds. The van der Waals surface area contributed by atoms with Crippen molar-refractivity contribution in [3.05, 3.63) is 29.8 Å². The zero-order valence-electron chi connectivity index (χ0n) is 20.2. The highest BCUT2D eigenvalue weighted by molar-refractivity contribution is 14.0. The lowest BCUT2D eigenvalue weighted by molar-refractivity contribution is 0.0636. The van der Waals surface area contributed by atoms with Gasteiger partial charge in [-0.15, -0.1) is 24.0 Å². The number of benzene rings is 1. The van der Waals surface area contributed by atoms with E-state index in [2.05, 4.69) is 27.8 Å². The molecule has 0 bridgehead atoms. The van der Waals surface area contributed by atoms with Crippen LogP contribution in [0.2, 0.25) is 0 Å². The van der Waals surface area contributed by atoms with Crippen LogP contribution in [0.25, 0.3) is 0 Å². The molecular weight excluding hydrogens is 517 g/mol. The first-order chi connectivity index (χ1) is 14.9. The van der Waals surface area contributed by atoms with E-state index in [0.29, 0.717) is 0 Å². The minimum Gasteiger partial charge on any atom is -0.444 e. The third-order valence-corrected chi connectivity index (χ3v) is 5.00. The Bertz CT molecular complexity index is 683. The number of likely N-dealkylation sites (tertiary alicyclic amines) is 1. The van der Waals surface area contributed by atoms with Gasteiger partial charge in [0.2, 0.25) is 0 Å². The number of guanidine groups is 1. The van der Waals surface area contributed by atoms with E-state index in [4.69, 9.17) is 9.73 Å². The number of unbranched alkanes of at least 4 members (excludes halogenated alkanes) is 1. The van der Waals surface area contributed by atoms with Crippen molar-refractivity contribution in [3.8, 4) is 0 Å². The fourth-order valence-electron chi connectivity index (χ4n) is 3.49. The molecular formula is C24H42IN5O2. The van der Waals surface area contributed by atoms with Crippen LogP contribution in [0.1, 0.15) is 58.9 Å². The summed E-state index contributed by atoms with van der Waals surface area (Å²) in [5.74, 6) is 0.881. The van der Waals surface area contributed by atoms with E-state index in [1.165, 1.54) is 44.5 Å². The number of nitrogens with zero attached hydrogens (tertiary/aromatic N) is 2. The lowest BCUT2D eigenvalue weighted by Gasteiger charge is -2.19. The number of rotatable bonds is 10. The van der Waals surface area contributed by atoms with Crippen molar-refractivity contribution in [3.63, 3.8) is 0 Å². The second kappa shape index (κ2) is 15.3. The quantitative estimate of drug-likeness (QED) is 0.169. The smallest absolute Gasteiger partial charge is 0.412 e. The molecule has 1 aliphatic rings. The van der Waals surface area contributed by atoms with Crippen molar-refractivity contribution in [2.24, 2.45) is 4.99 Å². The highest BCUT2D eigenvalue weighted by Crippen LogP contribution is 2.13. The Morgan fingerprint density at radius 1 is 1.09 bits per heavy atom. The van der Waals surface area contributed by atoms with E-state index in [9.17, 15) is 4.79 Å². The molecule has 1 aromatic carbocycles. The van der Waals surface area contributed by atoms with Crippen LogP contribution in [-0.2, 0) is 11.2 Å². The zero-order chi connectivity index (χ0) is 22.5. The number of anilines is 1. The number of aliphatic imine (C=N–C) groups is 1. The van der Waals surface area contributed by atoms with Crippen molar-refractivity contribution in [1.29, 1.82) is 0 Å². The molecule has 1 aliphatic heterocycles. The number of halogens is 1. The number of carbonyl (C=O) groups is 1. The SMILES string of the molecule is CCNC(=NCCCCN1CCCC1)NCCc1ccc(NC(=O)OC(C)(C)C)cc1.I. The predicted octanol–water partition coefficient (Wildman–Crippen LogP) is 4.63. The normalized spacial score (nSPS) is 14.6. The molecule has 1 aromatic rings. The van der Waals surface area contributed by atoms with Gasteiger partial charge in [0.25, 0.3) is 0 Å². The summed E-state index contributed by atoms with van der Waals surface area (Å²) in [7, 11) is 0. The summed E-state index contributed by atoms with van der Waals surface area (Å²) in [5, 5.41) is 9.49. The van der Waals surface area contributed by atoms with Crippen LogP contribution >= 0.6 is 24.0 Å².